The Kier molecular flexibility index (Phi) is 6.18. The van der Waals surface area contributed by atoms with Gasteiger partial charge in [0, 0.05) is 30.7 Å². The molecule has 0 bridgehead atoms. The molecule has 0 saturated carbocycles. The van der Waals surface area contributed by atoms with Gasteiger partial charge in [-0.1, -0.05) is 29.5 Å². The van der Waals surface area contributed by atoms with E-state index in [1.165, 1.54) is 17.3 Å². The van der Waals surface area contributed by atoms with Crippen molar-refractivity contribution in [2.75, 3.05) is 12.8 Å². The van der Waals surface area contributed by atoms with Gasteiger partial charge in [0.25, 0.3) is 0 Å². The van der Waals surface area contributed by atoms with Gasteiger partial charge in [-0.25, -0.2) is 0 Å². The second-order valence-electron chi connectivity index (χ2n) is 7.26. The lowest BCUT2D eigenvalue weighted by Gasteiger charge is -2.16. The minimum atomic E-state index is -0.0111. The van der Waals surface area contributed by atoms with E-state index < -0.39 is 0 Å². The molecule has 158 valence electrons. The van der Waals surface area contributed by atoms with Crippen LogP contribution in [0.3, 0.4) is 0 Å². The third-order valence-corrected chi connectivity index (χ3v) is 5.72. The van der Waals surface area contributed by atoms with Crippen LogP contribution in [0.1, 0.15) is 17.1 Å². The predicted molar refractivity (Wildman–Crippen MR) is 120 cm³/mol. The average Bonchev–Trinajstić information content (AvgIpc) is 3.39. The zero-order chi connectivity index (χ0) is 21.8. The van der Waals surface area contributed by atoms with E-state index in [4.69, 9.17) is 4.42 Å². The van der Waals surface area contributed by atoms with Crippen molar-refractivity contribution in [2.24, 2.45) is 0 Å². The van der Waals surface area contributed by atoms with Crippen LogP contribution >= 0.6 is 11.8 Å². The van der Waals surface area contributed by atoms with Crippen LogP contribution in [0, 0.1) is 13.8 Å². The summed E-state index contributed by atoms with van der Waals surface area (Å²) < 4.78 is 7.55. The molecule has 3 heterocycles. The number of aryl methyl sites for hydroxylation is 2. The maximum absolute atomic E-state index is 12.7. The van der Waals surface area contributed by atoms with E-state index in [0.717, 1.165) is 22.8 Å². The zero-order valence-corrected chi connectivity index (χ0v) is 18.5. The quantitative estimate of drug-likeness (QED) is 0.405. The molecule has 0 aliphatic carbocycles. The van der Waals surface area contributed by atoms with Crippen molar-refractivity contribution in [3.05, 3.63) is 78.0 Å². The molecular formula is C23H23N5O2S. The molecule has 3 aromatic heterocycles. The first kappa shape index (κ1) is 20.9. The smallest absolute Gasteiger partial charge is 0.233 e. The largest absolute Gasteiger partial charge is 0.464 e. The van der Waals surface area contributed by atoms with Gasteiger partial charge in [-0.3, -0.25) is 14.3 Å². The Labute approximate surface area is 185 Å². The van der Waals surface area contributed by atoms with E-state index in [0.29, 0.717) is 17.5 Å². The molecule has 0 atom stereocenters. The number of nitrogens with zero attached hydrogens (tertiary/aromatic N) is 5. The number of benzene rings is 1. The normalized spacial score (nSPS) is 10.9. The first-order valence-corrected chi connectivity index (χ1v) is 10.8. The van der Waals surface area contributed by atoms with E-state index >= 15 is 0 Å². The Hall–Kier alpha value is -3.39. The number of hydrogen-bond acceptors (Lipinski definition) is 6. The summed E-state index contributed by atoms with van der Waals surface area (Å²) in [6.45, 7) is 4.37. The Bertz CT molecular complexity index is 1170. The number of aromatic nitrogens is 4. The van der Waals surface area contributed by atoms with Gasteiger partial charge in [0.2, 0.25) is 5.91 Å². The summed E-state index contributed by atoms with van der Waals surface area (Å²) in [6, 6.07) is 15.7. The van der Waals surface area contributed by atoms with Gasteiger partial charge in [-0.2, -0.15) is 0 Å². The second-order valence-corrected chi connectivity index (χ2v) is 8.21. The molecule has 0 N–H and O–H groups in total. The van der Waals surface area contributed by atoms with Gasteiger partial charge in [0.15, 0.2) is 11.0 Å². The van der Waals surface area contributed by atoms with Crippen molar-refractivity contribution in [2.45, 2.75) is 25.5 Å². The SMILES string of the molecule is Cc1ccc(-n2c(SCC(=O)N(C)Cc3ccc(C)o3)nnc2-c2ccncc2)cc1. The molecule has 0 aliphatic rings. The third-order valence-electron chi connectivity index (χ3n) is 4.80. The maximum Gasteiger partial charge on any atom is 0.233 e. The van der Waals surface area contributed by atoms with Crippen LogP contribution in [0.4, 0.5) is 0 Å². The first-order chi connectivity index (χ1) is 15.0. The molecular weight excluding hydrogens is 410 g/mol. The monoisotopic (exact) mass is 433 g/mol. The van der Waals surface area contributed by atoms with E-state index in [9.17, 15) is 4.79 Å². The van der Waals surface area contributed by atoms with Crippen LogP contribution in [-0.2, 0) is 11.3 Å². The molecule has 1 amide bonds. The van der Waals surface area contributed by atoms with Gasteiger partial charge in [0.05, 0.1) is 12.3 Å². The standard InChI is InChI=1S/C23H23N5O2S/c1-16-4-7-19(8-5-16)28-22(18-10-12-24-13-11-18)25-26-23(28)31-15-21(29)27(3)14-20-9-6-17(2)30-20/h4-13H,14-15H2,1-3H3. The molecule has 0 spiro atoms. The van der Waals surface area contributed by atoms with Gasteiger partial charge >= 0.3 is 0 Å². The number of carbonyl (C=O) groups is 1. The number of hydrogen-bond donors (Lipinski definition) is 0. The second kappa shape index (κ2) is 9.18. The Morgan fingerprint density at radius 3 is 2.45 bits per heavy atom. The number of rotatable bonds is 7. The Balaban J connectivity index is 1.56. The highest BCUT2D eigenvalue weighted by Crippen LogP contribution is 2.28. The number of furan rings is 1. The fourth-order valence-corrected chi connectivity index (χ4v) is 4.00. The number of thioether (sulfide) groups is 1. The van der Waals surface area contributed by atoms with E-state index in [1.807, 2.05) is 66.9 Å². The summed E-state index contributed by atoms with van der Waals surface area (Å²) >= 11 is 1.37. The van der Waals surface area contributed by atoms with Crippen molar-refractivity contribution in [3.8, 4) is 17.1 Å². The topological polar surface area (TPSA) is 77.0 Å². The van der Waals surface area contributed by atoms with Crippen LogP contribution in [0.2, 0.25) is 0 Å². The molecule has 0 aliphatic heterocycles. The Morgan fingerprint density at radius 1 is 1.03 bits per heavy atom. The van der Waals surface area contributed by atoms with Gasteiger partial charge < -0.3 is 9.32 Å². The minimum Gasteiger partial charge on any atom is -0.464 e. The number of carbonyl (C=O) groups excluding carboxylic acids is 1. The molecule has 4 rings (SSSR count). The lowest BCUT2D eigenvalue weighted by Crippen LogP contribution is -2.27. The minimum absolute atomic E-state index is 0.0111. The van der Waals surface area contributed by atoms with Crippen molar-refractivity contribution < 1.29 is 9.21 Å². The molecule has 4 aromatic rings. The summed E-state index contributed by atoms with van der Waals surface area (Å²) in [6.07, 6.45) is 3.45. The summed E-state index contributed by atoms with van der Waals surface area (Å²) in [4.78, 5) is 18.4. The number of amides is 1. The molecule has 1 aromatic carbocycles. The first-order valence-electron chi connectivity index (χ1n) is 9.86. The van der Waals surface area contributed by atoms with Crippen LogP contribution in [-0.4, -0.2) is 43.4 Å². The molecule has 7 nitrogen and oxygen atoms in total. The summed E-state index contributed by atoms with van der Waals surface area (Å²) in [5.74, 6) is 2.54. The van der Waals surface area contributed by atoms with Gasteiger partial charge in [-0.05, 0) is 50.2 Å². The summed E-state index contributed by atoms with van der Waals surface area (Å²) in [5.41, 5.74) is 3.02. The zero-order valence-electron chi connectivity index (χ0n) is 17.6. The maximum atomic E-state index is 12.7. The highest BCUT2D eigenvalue weighted by molar-refractivity contribution is 7.99. The van der Waals surface area contributed by atoms with Gasteiger partial charge in [-0.15, -0.1) is 10.2 Å². The molecule has 0 radical (unpaired) electrons. The van der Waals surface area contributed by atoms with Crippen LogP contribution in [0.25, 0.3) is 17.1 Å². The van der Waals surface area contributed by atoms with E-state index in [-0.39, 0.29) is 11.7 Å². The molecule has 0 fully saturated rings. The Morgan fingerprint density at radius 2 is 1.77 bits per heavy atom. The highest BCUT2D eigenvalue weighted by Gasteiger charge is 2.19. The predicted octanol–water partition coefficient (Wildman–Crippen LogP) is 4.29. The van der Waals surface area contributed by atoms with Crippen molar-refractivity contribution in [1.29, 1.82) is 0 Å². The highest BCUT2D eigenvalue weighted by atomic mass is 32.2. The average molecular weight is 434 g/mol. The van der Waals surface area contributed by atoms with Gasteiger partial charge in [0.1, 0.15) is 11.5 Å². The fourth-order valence-electron chi connectivity index (χ4n) is 3.11. The molecule has 8 heteroatoms. The molecule has 0 saturated heterocycles. The van der Waals surface area contributed by atoms with E-state index in [2.05, 4.69) is 15.2 Å². The summed E-state index contributed by atoms with van der Waals surface area (Å²) in [7, 11) is 1.77. The lowest BCUT2D eigenvalue weighted by molar-refractivity contribution is -0.127. The molecule has 0 unspecified atom stereocenters. The number of pyridine rings is 1. The van der Waals surface area contributed by atoms with Crippen LogP contribution < -0.4 is 0 Å². The lowest BCUT2D eigenvalue weighted by atomic mass is 10.2. The van der Waals surface area contributed by atoms with E-state index in [1.54, 1.807) is 24.3 Å². The van der Waals surface area contributed by atoms with Crippen molar-refractivity contribution in [1.82, 2.24) is 24.6 Å². The summed E-state index contributed by atoms with van der Waals surface area (Å²) in [5, 5.41) is 9.44. The van der Waals surface area contributed by atoms with Crippen molar-refractivity contribution >= 4 is 17.7 Å². The van der Waals surface area contributed by atoms with Crippen LogP contribution in [0.15, 0.2) is 70.5 Å². The van der Waals surface area contributed by atoms with Crippen molar-refractivity contribution in [3.63, 3.8) is 0 Å². The third kappa shape index (κ3) is 4.86. The molecule has 31 heavy (non-hydrogen) atoms. The fraction of sp³-hybridized carbons (Fsp3) is 0.217. The van der Waals surface area contributed by atoms with Crippen LogP contribution in [0.5, 0.6) is 0 Å².